The lowest BCUT2D eigenvalue weighted by Gasteiger charge is -2.21. The van der Waals surface area contributed by atoms with E-state index >= 15 is 0 Å². The second-order valence-corrected chi connectivity index (χ2v) is 8.06. The first-order chi connectivity index (χ1) is 9.65. The molecule has 0 heterocycles. The monoisotopic (exact) mass is 337 g/mol. The van der Waals surface area contributed by atoms with Gasteiger partial charge in [0.15, 0.2) is 0 Å². The van der Waals surface area contributed by atoms with E-state index in [0.717, 1.165) is 6.07 Å². The molecule has 1 rings (SSSR count). The Balaban J connectivity index is 2.53. The highest BCUT2D eigenvalue weighted by Gasteiger charge is 2.18. The van der Waals surface area contributed by atoms with Gasteiger partial charge in [-0.2, -0.15) is 0 Å². The third-order valence-corrected chi connectivity index (χ3v) is 4.70. The largest absolute Gasteiger partial charge is 0.396 e. The van der Waals surface area contributed by atoms with Crippen molar-refractivity contribution in [2.24, 2.45) is 5.41 Å². The van der Waals surface area contributed by atoms with Crippen LogP contribution in [-0.4, -0.2) is 26.7 Å². The van der Waals surface area contributed by atoms with Gasteiger partial charge in [0.2, 0.25) is 10.0 Å². The van der Waals surface area contributed by atoms with E-state index in [4.69, 9.17) is 16.7 Å². The van der Waals surface area contributed by atoms with Crippen LogP contribution < -0.4 is 4.72 Å². The Morgan fingerprint density at radius 2 is 2.05 bits per heavy atom. The van der Waals surface area contributed by atoms with Gasteiger partial charge in [-0.3, -0.25) is 0 Å². The number of aliphatic hydroxyl groups is 1. The van der Waals surface area contributed by atoms with Gasteiger partial charge in [0.1, 0.15) is 5.82 Å². The molecular weight excluding hydrogens is 317 g/mol. The first-order valence-electron chi connectivity index (χ1n) is 6.67. The number of rotatable bonds is 8. The predicted octanol–water partition coefficient (Wildman–Crippen LogP) is 2.70. The lowest BCUT2D eigenvalue weighted by Crippen LogP contribution is -2.28. The van der Waals surface area contributed by atoms with Crippen molar-refractivity contribution in [3.63, 3.8) is 0 Å². The van der Waals surface area contributed by atoms with E-state index in [1.165, 1.54) is 12.1 Å². The average molecular weight is 338 g/mol. The molecule has 0 bridgehead atoms. The van der Waals surface area contributed by atoms with Gasteiger partial charge in [-0.15, -0.1) is 0 Å². The molecule has 0 aliphatic rings. The summed E-state index contributed by atoms with van der Waals surface area (Å²) in [7, 11) is -3.61. The van der Waals surface area contributed by atoms with Gasteiger partial charge < -0.3 is 5.11 Å². The minimum absolute atomic E-state index is 0.0469. The molecule has 0 aliphatic heterocycles. The second kappa shape index (κ2) is 7.54. The van der Waals surface area contributed by atoms with Crippen molar-refractivity contribution in [2.75, 3.05) is 13.2 Å². The first-order valence-corrected chi connectivity index (χ1v) is 8.70. The van der Waals surface area contributed by atoms with Gasteiger partial charge in [-0.05, 0) is 36.5 Å². The maximum absolute atomic E-state index is 13.5. The van der Waals surface area contributed by atoms with Crippen molar-refractivity contribution in [1.82, 2.24) is 4.72 Å². The van der Waals surface area contributed by atoms with Crippen LogP contribution in [0.4, 0.5) is 4.39 Å². The second-order valence-electron chi connectivity index (χ2n) is 5.82. The third-order valence-electron chi connectivity index (χ3n) is 3.13. The number of nitrogens with one attached hydrogen (secondary N) is 1. The van der Waals surface area contributed by atoms with Crippen molar-refractivity contribution in [2.45, 2.75) is 32.4 Å². The quantitative estimate of drug-likeness (QED) is 0.717. The number of aliphatic hydroxyl groups excluding tert-OH is 1. The Morgan fingerprint density at radius 3 is 2.67 bits per heavy atom. The summed E-state index contributed by atoms with van der Waals surface area (Å²) in [5.74, 6) is -1.03. The molecule has 0 aliphatic carbocycles. The Bertz CT molecular complexity index is 576. The lowest BCUT2D eigenvalue weighted by atomic mass is 9.89. The summed E-state index contributed by atoms with van der Waals surface area (Å²) in [4.78, 5) is 0. The van der Waals surface area contributed by atoms with Crippen LogP contribution in [0.5, 0.6) is 0 Å². The minimum atomic E-state index is -3.61. The van der Waals surface area contributed by atoms with E-state index in [1.807, 2.05) is 13.8 Å². The fourth-order valence-electron chi connectivity index (χ4n) is 1.78. The number of hydrogen-bond acceptors (Lipinski definition) is 3. The smallest absolute Gasteiger partial charge is 0.215 e. The van der Waals surface area contributed by atoms with Crippen molar-refractivity contribution >= 4 is 21.6 Å². The molecule has 0 aromatic heterocycles. The molecular formula is C14H21ClFNO3S. The molecule has 0 fully saturated rings. The Kier molecular flexibility index (Phi) is 6.59. The van der Waals surface area contributed by atoms with Crippen LogP contribution in [0, 0.1) is 11.2 Å². The van der Waals surface area contributed by atoms with Crippen molar-refractivity contribution in [3.8, 4) is 0 Å². The fourth-order valence-corrected chi connectivity index (χ4v) is 3.17. The van der Waals surface area contributed by atoms with Gasteiger partial charge in [0.05, 0.1) is 5.75 Å². The molecule has 2 N–H and O–H groups in total. The highest BCUT2D eigenvalue weighted by Crippen LogP contribution is 2.21. The Morgan fingerprint density at radius 1 is 1.38 bits per heavy atom. The summed E-state index contributed by atoms with van der Waals surface area (Å²) in [6.45, 7) is 4.12. The zero-order chi connectivity index (χ0) is 16.1. The molecule has 0 atom stereocenters. The van der Waals surface area contributed by atoms with Crippen LogP contribution in [0.25, 0.3) is 0 Å². The SMILES string of the molecule is CC(C)(CO)CCCNS(=O)(=O)Cc1cc(Cl)ccc1F. The van der Waals surface area contributed by atoms with E-state index in [0.29, 0.717) is 17.9 Å². The average Bonchev–Trinajstić information content (AvgIpc) is 2.39. The summed E-state index contributed by atoms with van der Waals surface area (Å²) >= 11 is 5.73. The van der Waals surface area contributed by atoms with Crippen LogP contribution in [0.3, 0.4) is 0 Å². The van der Waals surface area contributed by atoms with E-state index in [2.05, 4.69) is 4.72 Å². The third kappa shape index (κ3) is 6.74. The summed E-state index contributed by atoms with van der Waals surface area (Å²) < 4.78 is 39.7. The predicted molar refractivity (Wildman–Crippen MR) is 82.1 cm³/mol. The normalized spacial score (nSPS) is 12.6. The van der Waals surface area contributed by atoms with Gasteiger partial charge in [-0.25, -0.2) is 17.5 Å². The van der Waals surface area contributed by atoms with Gasteiger partial charge in [0.25, 0.3) is 0 Å². The maximum atomic E-state index is 13.5. The zero-order valence-electron chi connectivity index (χ0n) is 12.2. The summed E-state index contributed by atoms with van der Waals surface area (Å²) in [6.07, 6.45) is 1.29. The molecule has 0 radical (unpaired) electrons. The molecule has 0 saturated heterocycles. The molecule has 1 aromatic rings. The first kappa shape index (κ1) is 18.4. The van der Waals surface area contributed by atoms with Crippen LogP contribution >= 0.6 is 11.6 Å². The molecule has 1 aromatic carbocycles. The van der Waals surface area contributed by atoms with E-state index < -0.39 is 21.6 Å². The molecule has 0 amide bonds. The summed E-state index contributed by atoms with van der Waals surface area (Å²) in [6, 6.07) is 3.83. The van der Waals surface area contributed by atoms with Crippen molar-refractivity contribution < 1.29 is 17.9 Å². The van der Waals surface area contributed by atoms with Gasteiger partial charge in [-0.1, -0.05) is 25.4 Å². The highest BCUT2D eigenvalue weighted by molar-refractivity contribution is 7.88. The lowest BCUT2D eigenvalue weighted by molar-refractivity contribution is 0.148. The topological polar surface area (TPSA) is 66.4 Å². The number of sulfonamides is 1. The molecule has 7 heteroatoms. The standard InChI is InChI=1S/C14H21ClFNO3S/c1-14(2,10-18)6-3-7-17-21(19,20)9-11-8-12(15)4-5-13(11)16/h4-5,8,17-18H,3,6-7,9-10H2,1-2H3. The molecule has 0 unspecified atom stereocenters. The molecule has 0 saturated carbocycles. The highest BCUT2D eigenvalue weighted by atomic mass is 35.5. The van der Waals surface area contributed by atoms with Gasteiger partial charge >= 0.3 is 0 Å². The molecule has 120 valence electrons. The van der Waals surface area contributed by atoms with E-state index in [1.54, 1.807) is 0 Å². The summed E-state index contributed by atoms with van der Waals surface area (Å²) in [5.41, 5.74) is -0.185. The number of hydrogen-bond donors (Lipinski definition) is 2. The van der Waals surface area contributed by atoms with E-state index in [-0.39, 0.29) is 24.1 Å². The maximum Gasteiger partial charge on any atom is 0.215 e. The van der Waals surface area contributed by atoms with Crippen LogP contribution in [0.2, 0.25) is 5.02 Å². The molecule has 0 spiro atoms. The Hall–Kier alpha value is -0.690. The zero-order valence-corrected chi connectivity index (χ0v) is 13.8. The van der Waals surface area contributed by atoms with Crippen molar-refractivity contribution in [3.05, 3.63) is 34.6 Å². The van der Waals surface area contributed by atoms with Gasteiger partial charge in [0, 0.05) is 23.7 Å². The van der Waals surface area contributed by atoms with Crippen LogP contribution in [0.1, 0.15) is 32.3 Å². The van der Waals surface area contributed by atoms with Crippen LogP contribution in [0.15, 0.2) is 18.2 Å². The van der Waals surface area contributed by atoms with Crippen LogP contribution in [-0.2, 0) is 15.8 Å². The summed E-state index contributed by atoms with van der Waals surface area (Å²) in [5, 5.41) is 9.41. The van der Waals surface area contributed by atoms with Crippen molar-refractivity contribution in [1.29, 1.82) is 0 Å². The number of halogens is 2. The molecule has 21 heavy (non-hydrogen) atoms. The molecule has 4 nitrogen and oxygen atoms in total. The minimum Gasteiger partial charge on any atom is -0.396 e. The van der Waals surface area contributed by atoms with E-state index in [9.17, 15) is 12.8 Å². The number of benzene rings is 1. The fraction of sp³-hybridized carbons (Fsp3) is 0.571. The Labute approximate surface area is 130 Å².